The molecule has 0 bridgehead atoms. The Morgan fingerprint density at radius 1 is 1.28 bits per heavy atom. The molecule has 25 heavy (non-hydrogen) atoms. The lowest BCUT2D eigenvalue weighted by Crippen LogP contribution is -2.22. The van der Waals surface area contributed by atoms with Gasteiger partial charge in [0, 0.05) is 17.6 Å². The molecule has 1 N–H and O–H groups in total. The average Bonchev–Trinajstić information content (AvgIpc) is 3.08. The first kappa shape index (κ1) is 18.1. The topological polar surface area (TPSA) is 41.6 Å². The van der Waals surface area contributed by atoms with Gasteiger partial charge in [0.15, 0.2) is 0 Å². The van der Waals surface area contributed by atoms with E-state index >= 15 is 0 Å². The summed E-state index contributed by atoms with van der Waals surface area (Å²) in [5.74, 6) is 0.356. The van der Waals surface area contributed by atoms with Crippen molar-refractivity contribution in [2.24, 2.45) is 0 Å². The number of carbonyl (C=O) groups is 1. The number of hydrogen-bond acceptors (Lipinski definition) is 3. The van der Waals surface area contributed by atoms with Crippen molar-refractivity contribution < 1.29 is 9.53 Å². The van der Waals surface area contributed by atoms with Gasteiger partial charge in [0.25, 0.3) is 5.91 Å². The second-order valence-electron chi connectivity index (χ2n) is 6.09. The normalized spacial score (nSPS) is 13.8. The van der Waals surface area contributed by atoms with Crippen LogP contribution >= 0.6 is 27.5 Å². The van der Waals surface area contributed by atoms with Gasteiger partial charge in [-0.15, -0.1) is 0 Å². The lowest BCUT2D eigenvalue weighted by atomic mass is 10.1. The highest BCUT2D eigenvalue weighted by Crippen LogP contribution is 2.37. The Labute approximate surface area is 161 Å². The number of nitrogens with one attached hydrogen (secondary N) is 1. The third-order valence-electron chi connectivity index (χ3n) is 4.35. The SMILES string of the molecule is COc1c(C)cc(Br)cc1C(=O)Nc1cccc(Cl)c1N1CCCC1. The molecule has 4 nitrogen and oxygen atoms in total. The van der Waals surface area contributed by atoms with Gasteiger partial charge in [-0.25, -0.2) is 0 Å². The third-order valence-corrected chi connectivity index (χ3v) is 5.11. The minimum absolute atomic E-state index is 0.219. The van der Waals surface area contributed by atoms with E-state index in [0.29, 0.717) is 16.3 Å². The molecule has 2 aromatic rings. The maximum absolute atomic E-state index is 12.9. The molecule has 3 rings (SSSR count). The zero-order chi connectivity index (χ0) is 18.0. The molecule has 2 aromatic carbocycles. The van der Waals surface area contributed by atoms with Gasteiger partial charge >= 0.3 is 0 Å². The number of aryl methyl sites for hydroxylation is 1. The highest BCUT2D eigenvalue weighted by molar-refractivity contribution is 9.10. The smallest absolute Gasteiger partial charge is 0.259 e. The molecule has 0 atom stereocenters. The summed E-state index contributed by atoms with van der Waals surface area (Å²) >= 11 is 9.87. The predicted molar refractivity (Wildman–Crippen MR) is 106 cm³/mol. The molecular formula is C19H20BrClN2O2. The van der Waals surface area contributed by atoms with E-state index < -0.39 is 0 Å². The number of methoxy groups -OCH3 is 1. The van der Waals surface area contributed by atoms with Crippen molar-refractivity contribution in [2.45, 2.75) is 19.8 Å². The summed E-state index contributed by atoms with van der Waals surface area (Å²) in [6.07, 6.45) is 2.27. The Bertz CT molecular complexity index is 804. The van der Waals surface area contributed by atoms with Gasteiger partial charge in [-0.1, -0.05) is 33.6 Å². The Hall–Kier alpha value is -1.72. The maximum Gasteiger partial charge on any atom is 0.259 e. The van der Waals surface area contributed by atoms with Crippen LogP contribution in [-0.4, -0.2) is 26.1 Å². The molecular weight excluding hydrogens is 404 g/mol. The lowest BCUT2D eigenvalue weighted by molar-refractivity contribution is 0.102. The summed E-state index contributed by atoms with van der Waals surface area (Å²) in [5.41, 5.74) is 2.99. The van der Waals surface area contributed by atoms with E-state index in [-0.39, 0.29) is 5.91 Å². The molecule has 0 aliphatic carbocycles. The van der Waals surface area contributed by atoms with E-state index in [4.69, 9.17) is 16.3 Å². The van der Waals surface area contributed by atoms with Crippen LogP contribution < -0.4 is 15.0 Å². The van der Waals surface area contributed by atoms with Crippen molar-refractivity contribution in [3.05, 3.63) is 51.0 Å². The summed E-state index contributed by atoms with van der Waals surface area (Å²) in [5, 5.41) is 3.66. The number of hydrogen-bond donors (Lipinski definition) is 1. The quantitative estimate of drug-likeness (QED) is 0.728. The monoisotopic (exact) mass is 422 g/mol. The number of ether oxygens (including phenoxy) is 1. The minimum Gasteiger partial charge on any atom is -0.496 e. The van der Waals surface area contributed by atoms with Crippen molar-refractivity contribution in [1.29, 1.82) is 0 Å². The highest BCUT2D eigenvalue weighted by Gasteiger charge is 2.22. The van der Waals surface area contributed by atoms with Crippen LogP contribution in [0.15, 0.2) is 34.8 Å². The first-order valence-corrected chi connectivity index (χ1v) is 9.37. The van der Waals surface area contributed by atoms with E-state index in [1.165, 1.54) is 0 Å². The summed E-state index contributed by atoms with van der Waals surface area (Å²) in [7, 11) is 1.57. The Morgan fingerprint density at radius 3 is 2.68 bits per heavy atom. The Kier molecular flexibility index (Phi) is 5.54. The van der Waals surface area contributed by atoms with Crippen molar-refractivity contribution in [1.82, 2.24) is 0 Å². The van der Waals surface area contributed by atoms with Gasteiger partial charge in [-0.05, 0) is 49.6 Å². The predicted octanol–water partition coefficient (Wildman–Crippen LogP) is 5.27. The molecule has 1 saturated heterocycles. The number of para-hydroxylation sites is 1. The fourth-order valence-corrected chi connectivity index (χ4v) is 4.10. The van der Waals surface area contributed by atoms with E-state index in [9.17, 15) is 4.79 Å². The summed E-state index contributed by atoms with van der Waals surface area (Å²) < 4.78 is 6.26. The van der Waals surface area contributed by atoms with Crippen LogP contribution in [0.3, 0.4) is 0 Å². The van der Waals surface area contributed by atoms with Crippen molar-refractivity contribution >= 4 is 44.8 Å². The maximum atomic E-state index is 12.9. The number of rotatable bonds is 4. The zero-order valence-corrected chi connectivity index (χ0v) is 16.6. The standard InChI is InChI=1S/C19H20BrClN2O2/c1-12-10-13(20)11-14(18(12)25-2)19(24)22-16-7-5-6-15(21)17(16)23-8-3-4-9-23/h5-7,10-11H,3-4,8-9H2,1-2H3,(H,22,24). The van der Waals surface area contributed by atoms with Crippen molar-refractivity contribution in [2.75, 3.05) is 30.4 Å². The Balaban J connectivity index is 1.96. The van der Waals surface area contributed by atoms with Gasteiger partial charge in [0.1, 0.15) is 5.75 Å². The lowest BCUT2D eigenvalue weighted by Gasteiger charge is -2.23. The molecule has 1 amide bonds. The van der Waals surface area contributed by atoms with Crippen molar-refractivity contribution in [3.8, 4) is 5.75 Å². The summed E-state index contributed by atoms with van der Waals surface area (Å²) in [6, 6.07) is 9.27. The highest BCUT2D eigenvalue weighted by atomic mass is 79.9. The van der Waals surface area contributed by atoms with Gasteiger partial charge < -0.3 is 15.0 Å². The van der Waals surface area contributed by atoms with Crippen LogP contribution in [0.25, 0.3) is 0 Å². The van der Waals surface area contributed by atoms with Crippen LogP contribution in [0.4, 0.5) is 11.4 Å². The van der Waals surface area contributed by atoms with Crippen LogP contribution in [0.5, 0.6) is 5.75 Å². The molecule has 1 fully saturated rings. The molecule has 1 aliphatic heterocycles. The van der Waals surface area contributed by atoms with Gasteiger partial charge in [-0.2, -0.15) is 0 Å². The Morgan fingerprint density at radius 2 is 2.00 bits per heavy atom. The van der Waals surface area contributed by atoms with Crippen LogP contribution in [0.2, 0.25) is 5.02 Å². The first-order valence-electron chi connectivity index (χ1n) is 8.20. The second-order valence-corrected chi connectivity index (χ2v) is 7.41. The molecule has 6 heteroatoms. The number of anilines is 2. The molecule has 0 spiro atoms. The number of carbonyl (C=O) groups excluding carboxylic acids is 1. The van der Waals surface area contributed by atoms with Crippen LogP contribution in [0.1, 0.15) is 28.8 Å². The molecule has 1 heterocycles. The fraction of sp³-hybridized carbons (Fsp3) is 0.316. The molecule has 0 saturated carbocycles. The van der Waals surface area contributed by atoms with Crippen LogP contribution in [0, 0.1) is 6.92 Å². The van der Waals surface area contributed by atoms with Gasteiger partial charge in [0.05, 0.1) is 29.1 Å². The average molecular weight is 424 g/mol. The van der Waals surface area contributed by atoms with E-state index in [2.05, 4.69) is 26.1 Å². The van der Waals surface area contributed by atoms with E-state index in [1.54, 1.807) is 13.2 Å². The number of amides is 1. The summed E-state index contributed by atoms with van der Waals surface area (Å²) in [4.78, 5) is 15.1. The fourth-order valence-electron chi connectivity index (χ4n) is 3.24. The third kappa shape index (κ3) is 3.77. The largest absolute Gasteiger partial charge is 0.496 e. The van der Waals surface area contributed by atoms with E-state index in [1.807, 2.05) is 31.2 Å². The molecule has 1 aliphatic rings. The second kappa shape index (κ2) is 7.67. The number of benzene rings is 2. The minimum atomic E-state index is -0.219. The van der Waals surface area contributed by atoms with E-state index in [0.717, 1.165) is 47.3 Å². The van der Waals surface area contributed by atoms with Crippen molar-refractivity contribution in [3.63, 3.8) is 0 Å². The summed E-state index contributed by atoms with van der Waals surface area (Å²) in [6.45, 7) is 3.81. The molecule has 0 radical (unpaired) electrons. The molecule has 0 aromatic heterocycles. The first-order chi connectivity index (χ1) is 12.0. The zero-order valence-electron chi connectivity index (χ0n) is 14.2. The van der Waals surface area contributed by atoms with Gasteiger partial charge in [-0.3, -0.25) is 4.79 Å². The number of halogens is 2. The molecule has 0 unspecified atom stereocenters. The van der Waals surface area contributed by atoms with Crippen LogP contribution in [-0.2, 0) is 0 Å². The molecule has 132 valence electrons. The number of nitrogens with zero attached hydrogens (tertiary/aromatic N) is 1. The van der Waals surface area contributed by atoms with Gasteiger partial charge in [0.2, 0.25) is 0 Å².